The summed E-state index contributed by atoms with van der Waals surface area (Å²) in [6.45, 7) is 13.0. The quantitative estimate of drug-likeness (QED) is 0.439. The molecule has 0 saturated heterocycles. The molecule has 0 amide bonds. The summed E-state index contributed by atoms with van der Waals surface area (Å²) in [4.78, 5) is 18.2. The van der Waals surface area contributed by atoms with Gasteiger partial charge in [-0.05, 0) is 46.8 Å². The maximum absolute atomic E-state index is 9.10. The molecule has 0 heterocycles. The molecule has 8 nitrogen and oxygen atoms in total. The molecular formula is C19H31NO7. The van der Waals surface area contributed by atoms with Crippen LogP contribution in [0.1, 0.15) is 34.6 Å². The summed E-state index contributed by atoms with van der Waals surface area (Å²) in [5.74, 6) is -2.10. The first-order valence-corrected chi connectivity index (χ1v) is 8.70. The number of hydrogen-bond acceptors (Lipinski definition) is 6. The summed E-state index contributed by atoms with van der Waals surface area (Å²) < 4.78 is 17.0. The molecular weight excluding hydrogens is 354 g/mol. The Morgan fingerprint density at radius 3 is 2.04 bits per heavy atom. The third kappa shape index (κ3) is 14.5. The minimum Gasteiger partial charge on any atom is -0.487 e. The minimum atomic E-state index is -1.82. The molecule has 0 aliphatic heterocycles. The van der Waals surface area contributed by atoms with Gasteiger partial charge in [0.25, 0.3) is 0 Å². The third-order valence-corrected chi connectivity index (χ3v) is 2.78. The predicted molar refractivity (Wildman–Crippen MR) is 102 cm³/mol. The Labute approximate surface area is 160 Å². The van der Waals surface area contributed by atoms with Gasteiger partial charge in [0.1, 0.15) is 6.61 Å². The molecule has 0 fully saturated rings. The van der Waals surface area contributed by atoms with Crippen LogP contribution < -0.4 is 14.8 Å². The van der Waals surface area contributed by atoms with E-state index in [1.165, 1.54) is 0 Å². The second kappa shape index (κ2) is 12.9. The summed E-state index contributed by atoms with van der Waals surface area (Å²) in [7, 11) is 0. The molecule has 0 atom stereocenters. The standard InChI is InChI=1S/C17H29NO3.C2H2O4/c1-14(2)21-16-9-7-6-8-15(16)20-13-12-19-11-10-18-17(3,4)5;3-1(4)2(5)6/h6-9,14,18H,10-13H2,1-5H3;(H,3,4)(H,5,6). The second-order valence-electron chi connectivity index (χ2n) is 6.86. The van der Waals surface area contributed by atoms with Gasteiger partial charge in [-0.15, -0.1) is 0 Å². The van der Waals surface area contributed by atoms with Crippen molar-refractivity contribution in [2.45, 2.75) is 46.3 Å². The van der Waals surface area contributed by atoms with Crippen molar-refractivity contribution in [3.63, 3.8) is 0 Å². The lowest BCUT2D eigenvalue weighted by atomic mass is 10.1. The van der Waals surface area contributed by atoms with Gasteiger partial charge in [-0.3, -0.25) is 0 Å². The van der Waals surface area contributed by atoms with Gasteiger partial charge in [-0.2, -0.15) is 0 Å². The van der Waals surface area contributed by atoms with Crippen molar-refractivity contribution in [1.29, 1.82) is 0 Å². The fourth-order valence-corrected chi connectivity index (χ4v) is 1.73. The number of carboxylic acids is 2. The SMILES string of the molecule is CC(C)Oc1ccccc1OCCOCCNC(C)(C)C.O=C(O)C(=O)O. The zero-order valence-electron chi connectivity index (χ0n) is 16.7. The van der Waals surface area contributed by atoms with Crippen molar-refractivity contribution in [3.8, 4) is 11.5 Å². The monoisotopic (exact) mass is 385 g/mol. The number of para-hydroxylation sites is 2. The fraction of sp³-hybridized carbons (Fsp3) is 0.579. The van der Waals surface area contributed by atoms with Crippen molar-refractivity contribution in [2.24, 2.45) is 0 Å². The first-order valence-electron chi connectivity index (χ1n) is 8.70. The highest BCUT2D eigenvalue weighted by Crippen LogP contribution is 2.27. The maximum atomic E-state index is 9.10. The average Bonchev–Trinajstić information content (AvgIpc) is 2.54. The van der Waals surface area contributed by atoms with E-state index in [9.17, 15) is 0 Å². The maximum Gasteiger partial charge on any atom is 0.414 e. The van der Waals surface area contributed by atoms with E-state index in [-0.39, 0.29) is 11.6 Å². The molecule has 1 aromatic rings. The number of benzene rings is 1. The zero-order valence-corrected chi connectivity index (χ0v) is 16.7. The molecule has 0 spiro atoms. The van der Waals surface area contributed by atoms with E-state index >= 15 is 0 Å². The minimum absolute atomic E-state index is 0.132. The summed E-state index contributed by atoms with van der Waals surface area (Å²) in [6, 6.07) is 7.72. The molecule has 0 radical (unpaired) electrons. The Morgan fingerprint density at radius 2 is 1.56 bits per heavy atom. The third-order valence-electron chi connectivity index (χ3n) is 2.78. The van der Waals surface area contributed by atoms with Crippen LogP contribution in [0.2, 0.25) is 0 Å². The lowest BCUT2D eigenvalue weighted by Crippen LogP contribution is -2.38. The summed E-state index contributed by atoms with van der Waals surface area (Å²) in [5.41, 5.74) is 0.132. The van der Waals surface area contributed by atoms with Gasteiger partial charge in [-0.25, -0.2) is 9.59 Å². The van der Waals surface area contributed by atoms with Crippen LogP contribution in [0, 0.1) is 0 Å². The molecule has 0 bridgehead atoms. The van der Waals surface area contributed by atoms with Crippen LogP contribution >= 0.6 is 0 Å². The fourth-order valence-electron chi connectivity index (χ4n) is 1.73. The van der Waals surface area contributed by atoms with Crippen LogP contribution in [0.5, 0.6) is 11.5 Å². The normalized spacial score (nSPS) is 10.7. The van der Waals surface area contributed by atoms with Gasteiger partial charge in [0.05, 0.1) is 19.3 Å². The van der Waals surface area contributed by atoms with Crippen molar-refractivity contribution in [1.82, 2.24) is 5.32 Å². The van der Waals surface area contributed by atoms with Crippen LogP contribution in [0.15, 0.2) is 24.3 Å². The van der Waals surface area contributed by atoms with E-state index < -0.39 is 11.9 Å². The Morgan fingerprint density at radius 1 is 1.00 bits per heavy atom. The molecule has 0 saturated carbocycles. The topological polar surface area (TPSA) is 114 Å². The van der Waals surface area contributed by atoms with E-state index in [1.807, 2.05) is 38.1 Å². The van der Waals surface area contributed by atoms with Crippen LogP contribution in [0.4, 0.5) is 0 Å². The van der Waals surface area contributed by atoms with Crippen molar-refractivity contribution in [2.75, 3.05) is 26.4 Å². The van der Waals surface area contributed by atoms with Gasteiger partial charge < -0.3 is 29.7 Å². The van der Waals surface area contributed by atoms with Crippen molar-refractivity contribution in [3.05, 3.63) is 24.3 Å². The highest BCUT2D eigenvalue weighted by molar-refractivity contribution is 6.27. The first kappa shape index (κ1) is 24.7. The van der Waals surface area contributed by atoms with Gasteiger partial charge in [0.2, 0.25) is 0 Å². The molecule has 3 N–H and O–H groups in total. The van der Waals surface area contributed by atoms with E-state index in [0.717, 1.165) is 18.0 Å². The molecule has 0 aliphatic rings. The molecule has 1 aromatic carbocycles. The first-order chi connectivity index (χ1) is 12.5. The number of nitrogens with one attached hydrogen (secondary N) is 1. The Balaban J connectivity index is 0.000000972. The van der Waals surface area contributed by atoms with Crippen LogP contribution in [0.3, 0.4) is 0 Å². The molecule has 27 heavy (non-hydrogen) atoms. The van der Waals surface area contributed by atoms with E-state index in [1.54, 1.807) is 0 Å². The molecule has 154 valence electrons. The number of carbonyl (C=O) groups is 2. The lowest BCUT2D eigenvalue weighted by Gasteiger charge is -2.20. The highest BCUT2D eigenvalue weighted by atomic mass is 16.5. The molecule has 0 aliphatic carbocycles. The number of rotatable bonds is 9. The van der Waals surface area contributed by atoms with Crippen molar-refractivity contribution >= 4 is 11.9 Å². The smallest absolute Gasteiger partial charge is 0.414 e. The molecule has 1 rings (SSSR count). The number of hydrogen-bond donors (Lipinski definition) is 3. The number of carboxylic acid groups (broad SMARTS) is 2. The van der Waals surface area contributed by atoms with Crippen molar-refractivity contribution < 1.29 is 34.0 Å². The average molecular weight is 385 g/mol. The second-order valence-corrected chi connectivity index (χ2v) is 6.86. The van der Waals surface area contributed by atoms with Crippen LogP contribution in [-0.2, 0) is 14.3 Å². The van der Waals surface area contributed by atoms with Crippen LogP contribution in [0.25, 0.3) is 0 Å². The summed E-state index contributed by atoms with van der Waals surface area (Å²) in [6.07, 6.45) is 0.134. The van der Waals surface area contributed by atoms with E-state index in [2.05, 4.69) is 26.1 Å². The van der Waals surface area contributed by atoms with Gasteiger partial charge in [-0.1, -0.05) is 12.1 Å². The van der Waals surface area contributed by atoms with Gasteiger partial charge in [0, 0.05) is 12.1 Å². The Hall–Kier alpha value is -2.32. The number of ether oxygens (including phenoxy) is 3. The Bertz CT molecular complexity index is 555. The van der Waals surface area contributed by atoms with Gasteiger partial charge >= 0.3 is 11.9 Å². The molecule has 8 heteroatoms. The zero-order chi connectivity index (χ0) is 20.9. The highest BCUT2D eigenvalue weighted by Gasteiger charge is 2.08. The number of aliphatic carboxylic acids is 2. The van der Waals surface area contributed by atoms with Gasteiger partial charge in [0.15, 0.2) is 11.5 Å². The Kier molecular flexibility index (Phi) is 11.8. The van der Waals surface area contributed by atoms with Crippen LogP contribution in [-0.4, -0.2) is 60.2 Å². The predicted octanol–water partition coefficient (Wildman–Crippen LogP) is 2.41. The summed E-state index contributed by atoms with van der Waals surface area (Å²) >= 11 is 0. The molecule has 0 aromatic heterocycles. The largest absolute Gasteiger partial charge is 0.487 e. The lowest BCUT2D eigenvalue weighted by molar-refractivity contribution is -0.159. The summed E-state index contributed by atoms with van der Waals surface area (Å²) in [5, 5.41) is 18.2. The molecule has 0 unspecified atom stereocenters. The van der Waals surface area contributed by atoms with E-state index in [4.69, 9.17) is 34.0 Å². The van der Waals surface area contributed by atoms with E-state index in [0.29, 0.717) is 19.8 Å².